The number of nitrogens with zero attached hydrogens (tertiary/aromatic N) is 5. The Labute approximate surface area is 140 Å². The second kappa shape index (κ2) is 8.11. The van der Waals surface area contributed by atoms with Crippen LogP contribution >= 0.6 is 0 Å². The van der Waals surface area contributed by atoms with Crippen LogP contribution in [0.3, 0.4) is 0 Å². The lowest BCUT2D eigenvalue weighted by Gasteiger charge is -2.33. The Morgan fingerprint density at radius 3 is 2.70 bits per heavy atom. The number of hydrogen-bond acceptors (Lipinski definition) is 4. The van der Waals surface area contributed by atoms with Gasteiger partial charge in [0.2, 0.25) is 0 Å². The summed E-state index contributed by atoms with van der Waals surface area (Å²) in [5.74, 6) is 2.06. The van der Waals surface area contributed by atoms with Crippen LogP contribution in [0.15, 0.2) is 4.79 Å². The molecule has 6 nitrogen and oxygen atoms in total. The van der Waals surface area contributed by atoms with E-state index in [2.05, 4.69) is 23.6 Å². The van der Waals surface area contributed by atoms with E-state index in [4.69, 9.17) is 5.10 Å². The minimum atomic E-state index is 0.0466. The predicted octanol–water partition coefficient (Wildman–Crippen LogP) is 1.46. The molecule has 23 heavy (non-hydrogen) atoms. The Bertz CT molecular complexity index is 546. The van der Waals surface area contributed by atoms with E-state index in [1.807, 2.05) is 25.6 Å². The van der Waals surface area contributed by atoms with Crippen LogP contribution in [0.4, 0.5) is 0 Å². The maximum atomic E-state index is 12.6. The van der Waals surface area contributed by atoms with E-state index < -0.39 is 0 Å². The molecule has 0 radical (unpaired) electrons. The second-order valence-corrected chi connectivity index (χ2v) is 7.40. The van der Waals surface area contributed by atoms with Crippen molar-refractivity contribution in [2.75, 3.05) is 40.3 Å². The van der Waals surface area contributed by atoms with Crippen molar-refractivity contribution in [3.8, 4) is 0 Å². The largest absolute Gasteiger partial charge is 0.345 e. The SMILES string of the molecule is CCn1c(C2CCCN(CC(C)C)C2)nn(CCN(C)C)c1=O. The molecule has 1 aliphatic heterocycles. The van der Waals surface area contributed by atoms with E-state index in [0.717, 1.165) is 31.9 Å². The quantitative estimate of drug-likeness (QED) is 0.762. The van der Waals surface area contributed by atoms with Gasteiger partial charge in [-0.05, 0) is 46.3 Å². The first kappa shape index (κ1) is 18.2. The van der Waals surface area contributed by atoms with Gasteiger partial charge in [-0.3, -0.25) is 4.57 Å². The van der Waals surface area contributed by atoms with Crippen molar-refractivity contribution in [2.45, 2.75) is 52.6 Å². The summed E-state index contributed by atoms with van der Waals surface area (Å²) in [5.41, 5.74) is 0.0466. The van der Waals surface area contributed by atoms with Crippen molar-refractivity contribution in [1.82, 2.24) is 24.1 Å². The molecule has 0 N–H and O–H groups in total. The first-order chi connectivity index (χ1) is 10.9. The molecule has 1 atom stereocenters. The minimum Gasteiger partial charge on any atom is -0.308 e. The van der Waals surface area contributed by atoms with Gasteiger partial charge in [-0.2, -0.15) is 5.10 Å². The van der Waals surface area contributed by atoms with Gasteiger partial charge in [0.05, 0.1) is 6.54 Å². The molecule has 1 aromatic rings. The summed E-state index contributed by atoms with van der Waals surface area (Å²) >= 11 is 0. The van der Waals surface area contributed by atoms with Crippen molar-refractivity contribution in [2.24, 2.45) is 5.92 Å². The van der Waals surface area contributed by atoms with Gasteiger partial charge in [-0.25, -0.2) is 9.48 Å². The molecule has 2 rings (SSSR count). The molecule has 1 saturated heterocycles. The summed E-state index contributed by atoms with van der Waals surface area (Å²) < 4.78 is 3.53. The normalized spacial score (nSPS) is 19.9. The Morgan fingerprint density at radius 2 is 2.09 bits per heavy atom. The molecule has 0 aliphatic carbocycles. The van der Waals surface area contributed by atoms with Crippen molar-refractivity contribution in [1.29, 1.82) is 0 Å². The lowest BCUT2D eigenvalue weighted by Crippen LogP contribution is -2.38. The molecule has 1 aromatic heterocycles. The third-order valence-electron chi connectivity index (χ3n) is 4.52. The lowest BCUT2D eigenvalue weighted by molar-refractivity contribution is 0.183. The second-order valence-electron chi connectivity index (χ2n) is 7.40. The van der Waals surface area contributed by atoms with Crippen LogP contribution in [-0.2, 0) is 13.1 Å². The zero-order valence-corrected chi connectivity index (χ0v) is 15.5. The monoisotopic (exact) mass is 323 g/mol. The maximum absolute atomic E-state index is 12.6. The van der Waals surface area contributed by atoms with Crippen molar-refractivity contribution < 1.29 is 0 Å². The molecule has 6 heteroatoms. The molecule has 1 fully saturated rings. The van der Waals surface area contributed by atoms with Gasteiger partial charge in [0.15, 0.2) is 0 Å². The van der Waals surface area contributed by atoms with Crippen LogP contribution in [-0.4, -0.2) is 64.4 Å². The van der Waals surface area contributed by atoms with Crippen LogP contribution in [0, 0.1) is 5.92 Å². The molecule has 1 unspecified atom stereocenters. The molecular formula is C17H33N5O. The Morgan fingerprint density at radius 1 is 1.35 bits per heavy atom. The van der Waals surface area contributed by atoms with Gasteiger partial charge in [-0.15, -0.1) is 0 Å². The highest BCUT2D eigenvalue weighted by Gasteiger charge is 2.27. The molecular weight excluding hydrogens is 290 g/mol. The topological polar surface area (TPSA) is 46.3 Å². The third kappa shape index (κ3) is 4.67. The minimum absolute atomic E-state index is 0.0466. The van der Waals surface area contributed by atoms with E-state index in [0.29, 0.717) is 24.9 Å². The first-order valence-electron chi connectivity index (χ1n) is 8.97. The Balaban J connectivity index is 2.17. The lowest BCUT2D eigenvalue weighted by atomic mass is 9.96. The van der Waals surface area contributed by atoms with Gasteiger partial charge >= 0.3 is 5.69 Å². The van der Waals surface area contributed by atoms with E-state index in [1.165, 1.54) is 13.0 Å². The van der Waals surface area contributed by atoms with Crippen LogP contribution in [0.5, 0.6) is 0 Å². The fraction of sp³-hybridized carbons (Fsp3) is 0.882. The van der Waals surface area contributed by atoms with Gasteiger partial charge in [0.25, 0.3) is 0 Å². The molecule has 0 amide bonds. The molecule has 2 heterocycles. The van der Waals surface area contributed by atoms with E-state index >= 15 is 0 Å². The number of rotatable bonds is 7. The molecule has 0 bridgehead atoms. The highest BCUT2D eigenvalue weighted by Crippen LogP contribution is 2.25. The summed E-state index contributed by atoms with van der Waals surface area (Å²) in [4.78, 5) is 17.2. The van der Waals surface area contributed by atoms with E-state index in [9.17, 15) is 4.79 Å². The smallest absolute Gasteiger partial charge is 0.308 e. The van der Waals surface area contributed by atoms with Crippen LogP contribution in [0.2, 0.25) is 0 Å². The average molecular weight is 323 g/mol. The van der Waals surface area contributed by atoms with E-state index in [1.54, 1.807) is 4.68 Å². The average Bonchev–Trinajstić information content (AvgIpc) is 2.81. The fourth-order valence-corrected chi connectivity index (χ4v) is 3.45. The molecule has 0 aromatic carbocycles. The summed E-state index contributed by atoms with van der Waals surface area (Å²) in [7, 11) is 4.04. The van der Waals surface area contributed by atoms with Crippen LogP contribution < -0.4 is 5.69 Å². The fourth-order valence-electron chi connectivity index (χ4n) is 3.45. The summed E-state index contributed by atoms with van der Waals surface area (Å²) in [5, 5.41) is 4.70. The van der Waals surface area contributed by atoms with Crippen molar-refractivity contribution in [3.05, 3.63) is 16.3 Å². The van der Waals surface area contributed by atoms with Crippen LogP contribution in [0.1, 0.15) is 45.4 Å². The number of aromatic nitrogens is 3. The number of piperidine rings is 1. The number of likely N-dealkylation sites (N-methyl/N-ethyl adjacent to an activating group) is 1. The van der Waals surface area contributed by atoms with E-state index in [-0.39, 0.29) is 5.69 Å². The van der Waals surface area contributed by atoms with Gasteiger partial charge in [-0.1, -0.05) is 13.8 Å². The third-order valence-corrected chi connectivity index (χ3v) is 4.52. The highest BCUT2D eigenvalue weighted by atomic mass is 16.2. The maximum Gasteiger partial charge on any atom is 0.345 e. The summed E-state index contributed by atoms with van der Waals surface area (Å²) in [6.07, 6.45) is 2.33. The molecule has 132 valence electrons. The first-order valence-corrected chi connectivity index (χ1v) is 8.97. The van der Waals surface area contributed by atoms with Gasteiger partial charge in [0, 0.05) is 32.1 Å². The van der Waals surface area contributed by atoms with Gasteiger partial charge < -0.3 is 9.80 Å². The molecule has 0 spiro atoms. The predicted molar refractivity (Wildman–Crippen MR) is 94.0 cm³/mol. The van der Waals surface area contributed by atoms with Crippen LogP contribution in [0.25, 0.3) is 0 Å². The zero-order chi connectivity index (χ0) is 17.0. The number of hydrogen-bond donors (Lipinski definition) is 0. The van der Waals surface area contributed by atoms with Gasteiger partial charge in [0.1, 0.15) is 5.82 Å². The van der Waals surface area contributed by atoms with Crippen molar-refractivity contribution >= 4 is 0 Å². The Kier molecular flexibility index (Phi) is 6.41. The number of likely N-dealkylation sites (tertiary alicyclic amines) is 1. The molecule has 1 aliphatic rings. The summed E-state index contributed by atoms with van der Waals surface area (Å²) in [6, 6.07) is 0. The standard InChI is InChI=1S/C17H33N5O/c1-6-21-16(18-22(17(21)23)11-10-19(4)5)15-8-7-9-20(13-15)12-14(2)3/h14-15H,6-13H2,1-5H3. The zero-order valence-electron chi connectivity index (χ0n) is 15.5. The van der Waals surface area contributed by atoms with Crippen molar-refractivity contribution in [3.63, 3.8) is 0 Å². The molecule has 0 saturated carbocycles. The summed E-state index contributed by atoms with van der Waals surface area (Å²) in [6.45, 7) is 12.1. The Hall–Kier alpha value is -1.14. The highest BCUT2D eigenvalue weighted by molar-refractivity contribution is 5.01.